The van der Waals surface area contributed by atoms with E-state index in [2.05, 4.69) is 24.3 Å². The summed E-state index contributed by atoms with van der Waals surface area (Å²) >= 11 is 0. The molecule has 0 rings (SSSR count). The highest BCUT2D eigenvalue weighted by Gasteiger charge is 2.03. The lowest BCUT2D eigenvalue weighted by molar-refractivity contribution is 0.603. The van der Waals surface area contributed by atoms with Gasteiger partial charge in [-0.05, 0) is 12.8 Å². The number of rotatable bonds is 5. The molecule has 0 aliphatic rings. The van der Waals surface area contributed by atoms with Crippen molar-refractivity contribution >= 4 is 9.84 Å². The Morgan fingerprint density at radius 2 is 1.92 bits per heavy atom. The molecular weight excluding hydrogens is 184 g/mol. The Hall–Kier alpha value is -1.01. The molecule has 0 radical (unpaired) electrons. The summed E-state index contributed by atoms with van der Waals surface area (Å²) in [6.07, 6.45) is 5.00. The van der Waals surface area contributed by atoms with Gasteiger partial charge in [0.25, 0.3) is 0 Å². The van der Waals surface area contributed by atoms with Gasteiger partial charge in [-0.2, -0.15) is 0 Å². The normalized spacial score (nSPS) is 9.85. The molecule has 0 saturated heterocycles. The summed E-state index contributed by atoms with van der Waals surface area (Å²) in [5, 5.41) is 2.24. The molecule has 0 saturated carbocycles. The van der Waals surface area contributed by atoms with Crippen molar-refractivity contribution in [1.29, 1.82) is 0 Å². The van der Waals surface area contributed by atoms with Crippen LogP contribution in [0.15, 0.2) is 25.3 Å². The average molecular weight is 198 g/mol. The Morgan fingerprint density at radius 1 is 1.23 bits per heavy atom. The molecule has 0 amide bonds. The fourth-order valence-electron chi connectivity index (χ4n) is 0.693. The van der Waals surface area contributed by atoms with Gasteiger partial charge in [-0.3, -0.25) is 0 Å². The quantitative estimate of drug-likeness (QED) is 0.293. The highest BCUT2D eigenvalue weighted by molar-refractivity contribution is 7.96. The monoisotopic (exact) mass is 198 g/mol. The summed E-state index contributed by atoms with van der Waals surface area (Å²) < 4.78 is 22.3. The molecule has 0 aromatic carbocycles. The van der Waals surface area contributed by atoms with Crippen LogP contribution in [0.2, 0.25) is 0 Å². The van der Waals surface area contributed by atoms with E-state index in [0.29, 0.717) is 19.3 Å². The summed E-state index contributed by atoms with van der Waals surface area (Å²) in [4.78, 5) is 0. The van der Waals surface area contributed by atoms with Crippen LogP contribution in [0.4, 0.5) is 0 Å². The summed E-state index contributed by atoms with van der Waals surface area (Å²) in [6, 6.07) is 0. The number of hydrogen-bond donors (Lipinski definition) is 0. The van der Waals surface area contributed by atoms with Crippen molar-refractivity contribution in [3.05, 3.63) is 25.3 Å². The minimum absolute atomic E-state index is 0.114. The van der Waals surface area contributed by atoms with Crippen molar-refractivity contribution < 1.29 is 8.42 Å². The molecular formula is C10H14O2S. The fraction of sp³-hybridized carbons (Fsp3) is 0.400. The molecule has 3 heteroatoms. The summed E-state index contributed by atoms with van der Waals surface area (Å²) in [7, 11) is -3.18. The molecule has 72 valence electrons. The highest BCUT2D eigenvalue weighted by atomic mass is 32.2. The lowest BCUT2D eigenvalue weighted by Crippen LogP contribution is -2.01. The van der Waals surface area contributed by atoms with Gasteiger partial charge in [-0.1, -0.05) is 18.1 Å². The van der Waals surface area contributed by atoms with Crippen molar-refractivity contribution in [1.82, 2.24) is 0 Å². The van der Waals surface area contributed by atoms with Crippen molar-refractivity contribution in [2.45, 2.75) is 19.3 Å². The maximum Gasteiger partial charge on any atom is 0.216 e. The molecule has 0 unspecified atom stereocenters. The second-order valence-electron chi connectivity index (χ2n) is 2.52. The number of hydrogen-bond acceptors (Lipinski definition) is 2. The van der Waals surface area contributed by atoms with Crippen LogP contribution in [0.3, 0.4) is 0 Å². The Morgan fingerprint density at radius 3 is 2.46 bits per heavy atom. The standard InChI is InChI=1S/C10H14O2S/c1-3-5-7-9-13(11,12)10-8-6-4-2/h3-4H,1-2,5-7,9H2. The van der Waals surface area contributed by atoms with Crippen molar-refractivity contribution in [2.24, 2.45) is 0 Å². The largest absolute Gasteiger partial charge is 0.216 e. The Kier molecular flexibility index (Phi) is 5.99. The molecule has 0 heterocycles. The van der Waals surface area contributed by atoms with Crippen molar-refractivity contribution in [2.75, 3.05) is 5.75 Å². The van der Waals surface area contributed by atoms with Gasteiger partial charge in [-0.15, -0.1) is 13.2 Å². The van der Waals surface area contributed by atoms with Crippen LogP contribution in [0.25, 0.3) is 0 Å². The molecule has 0 N–H and O–H groups in total. The van der Waals surface area contributed by atoms with Crippen LogP contribution in [0.5, 0.6) is 0 Å². The Labute approximate surface area is 80.3 Å². The molecule has 0 atom stereocenters. The first-order valence-corrected chi connectivity index (χ1v) is 5.71. The van der Waals surface area contributed by atoms with E-state index >= 15 is 0 Å². The smallest absolute Gasteiger partial charge is 0.215 e. The van der Waals surface area contributed by atoms with E-state index in [1.807, 2.05) is 0 Å². The zero-order valence-electron chi connectivity index (χ0n) is 7.62. The van der Waals surface area contributed by atoms with E-state index < -0.39 is 9.84 Å². The molecule has 2 nitrogen and oxygen atoms in total. The molecule has 0 fully saturated rings. The topological polar surface area (TPSA) is 34.1 Å². The zero-order chi connectivity index (χ0) is 10.2. The predicted molar refractivity (Wildman–Crippen MR) is 55.8 cm³/mol. The first-order valence-electron chi connectivity index (χ1n) is 4.06. The third-order valence-corrected chi connectivity index (χ3v) is 2.58. The number of sulfone groups is 1. The van der Waals surface area contributed by atoms with Crippen molar-refractivity contribution in [3.63, 3.8) is 0 Å². The Bertz CT molecular complexity index is 315. The van der Waals surface area contributed by atoms with Crippen LogP contribution < -0.4 is 0 Å². The maximum atomic E-state index is 11.1. The third-order valence-electron chi connectivity index (χ3n) is 1.30. The molecule has 0 aromatic heterocycles. The first kappa shape index (κ1) is 12.0. The third kappa shape index (κ3) is 7.35. The maximum absolute atomic E-state index is 11.1. The van der Waals surface area contributed by atoms with E-state index in [9.17, 15) is 8.42 Å². The zero-order valence-corrected chi connectivity index (χ0v) is 8.44. The van der Waals surface area contributed by atoms with E-state index in [0.717, 1.165) is 0 Å². The number of allylic oxidation sites excluding steroid dienone is 2. The van der Waals surface area contributed by atoms with E-state index in [1.54, 1.807) is 12.2 Å². The molecule has 13 heavy (non-hydrogen) atoms. The van der Waals surface area contributed by atoms with Crippen LogP contribution in [0.1, 0.15) is 19.3 Å². The molecule has 0 aliphatic carbocycles. The summed E-state index contributed by atoms with van der Waals surface area (Å²) in [5.41, 5.74) is 0. The van der Waals surface area contributed by atoms with Crippen LogP contribution in [-0.2, 0) is 9.84 Å². The minimum atomic E-state index is -3.18. The molecule has 0 aromatic rings. The van der Waals surface area contributed by atoms with E-state index in [-0.39, 0.29) is 5.75 Å². The SMILES string of the molecule is C=CCC#CS(=O)(=O)CCCC=C. The van der Waals surface area contributed by atoms with Gasteiger partial charge < -0.3 is 0 Å². The minimum Gasteiger partial charge on any atom is -0.215 e. The average Bonchev–Trinajstić information content (AvgIpc) is 2.05. The second kappa shape index (κ2) is 6.50. The predicted octanol–water partition coefficient (Wildman–Crippen LogP) is 1.90. The Balaban J connectivity index is 4.03. The van der Waals surface area contributed by atoms with Crippen LogP contribution >= 0.6 is 0 Å². The summed E-state index contributed by atoms with van der Waals surface area (Å²) in [6.45, 7) is 6.96. The first-order chi connectivity index (χ1) is 6.12. The molecule has 0 spiro atoms. The van der Waals surface area contributed by atoms with E-state index in [1.165, 1.54) is 0 Å². The lowest BCUT2D eigenvalue weighted by atomic mass is 10.3. The highest BCUT2D eigenvalue weighted by Crippen LogP contribution is 1.96. The second-order valence-corrected chi connectivity index (χ2v) is 4.36. The van der Waals surface area contributed by atoms with Gasteiger partial charge in [0, 0.05) is 11.7 Å². The van der Waals surface area contributed by atoms with Gasteiger partial charge in [0.1, 0.15) is 0 Å². The fourth-order valence-corrected chi connectivity index (χ4v) is 1.64. The van der Waals surface area contributed by atoms with Gasteiger partial charge in [-0.25, -0.2) is 8.42 Å². The van der Waals surface area contributed by atoms with E-state index in [4.69, 9.17) is 0 Å². The molecule has 0 aliphatic heterocycles. The van der Waals surface area contributed by atoms with Crippen LogP contribution in [-0.4, -0.2) is 14.2 Å². The van der Waals surface area contributed by atoms with Crippen LogP contribution in [0, 0.1) is 11.2 Å². The van der Waals surface area contributed by atoms with Gasteiger partial charge in [0.15, 0.2) is 0 Å². The molecule has 0 bridgehead atoms. The lowest BCUT2D eigenvalue weighted by Gasteiger charge is -1.92. The number of unbranched alkanes of at least 4 members (excludes halogenated alkanes) is 1. The van der Waals surface area contributed by atoms with Gasteiger partial charge in [0.05, 0.1) is 5.75 Å². The summed E-state index contributed by atoms with van der Waals surface area (Å²) in [5.74, 6) is 2.63. The van der Waals surface area contributed by atoms with Gasteiger partial charge in [0.2, 0.25) is 9.84 Å². The van der Waals surface area contributed by atoms with Gasteiger partial charge >= 0.3 is 0 Å². The van der Waals surface area contributed by atoms with Crippen molar-refractivity contribution in [3.8, 4) is 11.2 Å².